The highest BCUT2D eigenvalue weighted by Crippen LogP contribution is 2.23. The standard InChI is InChI=1S/C18H19FN4O/c1-2-3-10-24-18-13(6-5-9-20-18)11-21-17-14-7-4-8-15(19)16(14)22-12-23-17/h4-9,12H,2-3,10-11H2,1H3,(H,21,22,23). The Morgan fingerprint density at radius 1 is 1.12 bits per heavy atom. The molecule has 0 spiro atoms. The minimum Gasteiger partial charge on any atom is -0.477 e. The van der Waals surface area contributed by atoms with Gasteiger partial charge in [-0.15, -0.1) is 0 Å². The van der Waals surface area contributed by atoms with Gasteiger partial charge in [-0.2, -0.15) is 0 Å². The molecule has 2 aromatic heterocycles. The van der Waals surface area contributed by atoms with Crippen molar-refractivity contribution in [2.24, 2.45) is 0 Å². The molecule has 3 aromatic rings. The zero-order chi connectivity index (χ0) is 16.8. The van der Waals surface area contributed by atoms with Crippen molar-refractivity contribution in [3.63, 3.8) is 0 Å². The van der Waals surface area contributed by atoms with Crippen molar-refractivity contribution in [1.29, 1.82) is 0 Å². The summed E-state index contributed by atoms with van der Waals surface area (Å²) in [7, 11) is 0. The van der Waals surface area contributed by atoms with E-state index in [1.807, 2.05) is 12.1 Å². The predicted octanol–water partition coefficient (Wildman–Crippen LogP) is 3.95. The molecule has 24 heavy (non-hydrogen) atoms. The SMILES string of the molecule is CCCCOc1ncccc1CNc1ncnc2c(F)cccc12. The number of rotatable bonds is 7. The molecule has 5 nitrogen and oxygen atoms in total. The predicted molar refractivity (Wildman–Crippen MR) is 91.5 cm³/mol. The number of hydrogen-bond donors (Lipinski definition) is 1. The summed E-state index contributed by atoms with van der Waals surface area (Å²) in [4.78, 5) is 12.5. The number of nitrogens with zero attached hydrogens (tertiary/aromatic N) is 3. The van der Waals surface area contributed by atoms with Crippen LogP contribution in [-0.4, -0.2) is 21.6 Å². The van der Waals surface area contributed by atoms with Gasteiger partial charge in [-0.25, -0.2) is 19.3 Å². The number of aromatic nitrogens is 3. The highest BCUT2D eigenvalue weighted by Gasteiger charge is 2.09. The maximum Gasteiger partial charge on any atom is 0.218 e. The fraction of sp³-hybridized carbons (Fsp3) is 0.278. The Balaban J connectivity index is 1.78. The zero-order valence-electron chi connectivity index (χ0n) is 13.5. The maximum atomic E-state index is 13.8. The van der Waals surface area contributed by atoms with Crippen molar-refractivity contribution in [2.45, 2.75) is 26.3 Å². The molecule has 0 aliphatic rings. The molecular formula is C18H19FN4O. The summed E-state index contributed by atoms with van der Waals surface area (Å²) in [6.45, 7) is 3.24. The summed E-state index contributed by atoms with van der Waals surface area (Å²) in [5, 5.41) is 3.87. The highest BCUT2D eigenvalue weighted by molar-refractivity contribution is 5.89. The number of anilines is 1. The van der Waals surface area contributed by atoms with Gasteiger partial charge >= 0.3 is 0 Å². The van der Waals surface area contributed by atoms with Crippen molar-refractivity contribution >= 4 is 16.7 Å². The van der Waals surface area contributed by atoms with Crippen LogP contribution in [-0.2, 0) is 6.54 Å². The molecule has 0 radical (unpaired) electrons. The van der Waals surface area contributed by atoms with Crippen LogP contribution < -0.4 is 10.1 Å². The smallest absolute Gasteiger partial charge is 0.218 e. The van der Waals surface area contributed by atoms with Gasteiger partial charge in [-0.05, 0) is 24.6 Å². The summed E-state index contributed by atoms with van der Waals surface area (Å²) < 4.78 is 19.5. The van der Waals surface area contributed by atoms with E-state index in [0.717, 1.165) is 18.4 Å². The number of unbranched alkanes of at least 4 members (excludes halogenated alkanes) is 1. The van der Waals surface area contributed by atoms with E-state index in [2.05, 4.69) is 27.2 Å². The molecule has 0 unspecified atom stereocenters. The van der Waals surface area contributed by atoms with Gasteiger partial charge in [0.05, 0.1) is 6.61 Å². The molecule has 124 valence electrons. The topological polar surface area (TPSA) is 59.9 Å². The molecule has 0 bridgehead atoms. The van der Waals surface area contributed by atoms with Crippen molar-refractivity contribution in [3.8, 4) is 5.88 Å². The quantitative estimate of drug-likeness (QED) is 0.666. The van der Waals surface area contributed by atoms with Crippen LogP contribution in [0.15, 0.2) is 42.9 Å². The molecule has 1 aromatic carbocycles. The third kappa shape index (κ3) is 3.59. The Kier molecular flexibility index (Phi) is 5.15. The van der Waals surface area contributed by atoms with E-state index in [0.29, 0.717) is 35.8 Å². The molecule has 0 saturated carbocycles. The fourth-order valence-corrected chi connectivity index (χ4v) is 2.37. The van der Waals surface area contributed by atoms with Crippen LogP contribution >= 0.6 is 0 Å². The lowest BCUT2D eigenvalue weighted by molar-refractivity contribution is 0.295. The van der Waals surface area contributed by atoms with E-state index in [1.165, 1.54) is 12.4 Å². The number of benzene rings is 1. The minimum absolute atomic E-state index is 0.306. The number of ether oxygens (including phenoxy) is 1. The molecule has 0 amide bonds. The van der Waals surface area contributed by atoms with E-state index in [9.17, 15) is 4.39 Å². The number of halogens is 1. The van der Waals surface area contributed by atoms with Crippen LogP contribution in [0.25, 0.3) is 10.9 Å². The summed E-state index contributed by atoms with van der Waals surface area (Å²) in [5.74, 6) is 0.841. The van der Waals surface area contributed by atoms with Gasteiger partial charge in [0.1, 0.15) is 23.5 Å². The van der Waals surface area contributed by atoms with E-state index < -0.39 is 0 Å². The summed E-state index contributed by atoms with van der Waals surface area (Å²) in [5.41, 5.74) is 1.23. The normalized spacial score (nSPS) is 10.8. The van der Waals surface area contributed by atoms with E-state index in [1.54, 1.807) is 18.3 Å². The fourth-order valence-electron chi connectivity index (χ4n) is 2.37. The molecule has 0 aliphatic carbocycles. The number of hydrogen-bond acceptors (Lipinski definition) is 5. The first kappa shape index (κ1) is 16.1. The third-order valence-electron chi connectivity index (χ3n) is 3.65. The number of fused-ring (bicyclic) bond motifs is 1. The summed E-state index contributed by atoms with van der Waals surface area (Å²) in [6.07, 6.45) is 5.12. The Hall–Kier alpha value is -2.76. The monoisotopic (exact) mass is 326 g/mol. The highest BCUT2D eigenvalue weighted by atomic mass is 19.1. The second kappa shape index (κ2) is 7.68. The lowest BCUT2D eigenvalue weighted by Crippen LogP contribution is -2.07. The van der Waals surface area contributed by atoms with Crippen molar-refractivity contribution in [2.75, 3.05) is 11.9 Å². The van der Waals surface area contributed by atoms with Crippen LogP contribution in [0.4, 0.5) is 10.2 Å². The van der Waals surface area contributed by atoms with Gasteiger partial charge < -0.3 is 10.1 Å². The molecule has 0 aliphatic heterocycles. The van der Waals surface area contributed by atoms with Gasteiger partial charge in [-0.3, -0.25) is 0 Å². The lowest BCUT2D eigenvalue weighted by atomic mass is 10.2. The molecule has 0 saturated heterocycles. The Bertz CT molecular complexity index is 825. The van der Waals surface area contributed by atoms with Crippen LogP contribution in [0.2, 0.25) is 0 Å². The largest absolute Gasteiger partial charge is 0.477 e. The summed E-state index contributed by atoms with van der Waals surface area (Å²) >= 11 is 0. The molecule has 0 atom stereocenters. The Morgan fingerprint density at radius 2 is 2.04 bits per heavy atom. The second-order valence-corrected chi connectivity index (χ2v) is 5.38. The van der Waals surface area contributed by atoms with Crippen LogP contribution in [0.5, 0.6) is 5.88 Å². The lowest BCUT2D eigenvalue weighted by Gasteiger charge is -2.12. The van der Waals surface area contributed by atoms with Gasteiger partial charge in [-0.1, -0.05) is 25.5 Å². The van der Waals surface area contributed by atoms with Crippen LogP contribution in [0.1, 0.15) is 25.3 Å². The van der Waals surface area contributed by atoms with Crippen LogP contribution in [0, 0.1) is 5.82 Å². The van der Waals surface area contributed by atoms with Crippen molar-refractivity contribution < 1.29 is 9.13 Å². The molecule has 6 heteroatoms. The Labute approximate surface area is 139 Å². The summed E-state index contributed by atoms with van der Waals surface area (Å²) in [6, 6.07) is 8.64. The van der Waals surface area contributed by atoms with Crippen molar-refractivity contribution in [1.82, 2.24) is 15.0 Å². The molecule has 2 heterocycles. The van der Waals surface area contributed by atoms with Gasteiger partial charge in [0.15, 0.2) is 0 Å². The first-order valence-corrected chi connectivity index (χ1v) is 7.99. The van der Waals surface area contributed by atoms with Crippen molar-refractivity contribution in [3.05, 3.63) is 54.2 Å². The second-order valence-electron chi connectivity index (χ2n) is 5.38. The van der Waals surface area contributed by atoms with Gasteiger partial charge in [0.25, 0.3) is 0 Å². The number of nitrogens with one attached hydrogen (secondary N) is 1. The van der Waals surface area contributed by atoms with E-state index in [4.69, 9.17) is 4.74 Å². The average molecular weight is 326 g/mol. The molecular weight excluding hydrogens is 307 g/mol. The number of pyridine rings is 1. The minimum atomic E-state index is -0.358. The van der Waals surface area contributed by atoms with Gasteiger partial charge in [0, 0.05) is 23.7 Å². The number of para-hydroxylation sites is 1. The molecule has 0 fully saturated rings. The zero-order valence-corrected chi connectivity index (χ0v) is 13.5. The van der Waals surface area contributed by atoms with Gasteiger partial charge in [0.2, 0.25) is 5.88 Å². The first-order chi connectivity index (χ1) is 11.8. The average Bonchev–Trinajstić information content (AvgIpc) is 2.61. The first-order valence-electron chi connectivity index (χ1n) is 7.99. The molecule has 3 rings (SSSR count). The Morgan fingerprint density at radius 3 is 2.92 bits per heavy atom. The van der Waals surface area contributed by atoms with Crippen LogP contribution in [0.3, 0.4) is 0 Å². The third-order valence-corrected chi connectivity index (χ3v) is 3.65. The maximum absolute atomic E-state index is 13.8. The van der Waals surface area contributed by atoms with E-state index >= 15 is 0 Å². The molecule has 1 N–H and O–H groups in total. The van der Waals surface area contributed by atoms with E-state index in [-0.39, 0.29) is 5.82 Å².